The number of carbonyl (C=O) groups is 1. The van der Waals surface area contributed by atoms with E-state index in [2.05, 4.69) is 17.4 Å². The zero-order chi connectivity index (χ0) is 7.82. The topological polar surface area (TPSA) is 35.5 Å². The third kappa shape index (κ3) is 7.78. The maximum atomic E-state index is 10.1. The second-order valence-electron chi connectivity index (χ2n) is 1.73. The number of hydrogen-bond donors (Lipinski definition) is 1. The maximum absolute atomic E-state index is 10.1. The van der Waals surface area contributed by atoms with Crippen molar-refractivity contribution in [1.82, 2.24) is 0 Å². The molecule has 60 valence electrons. The van der Waals surface area contributed by atoms with E-state index < -0.39 is 5.30 Å². The Bertz CT molecular complexity index is 95.0. The van der Waals surface area contributed by atoms with Crippen molar-refractivity contribution in [2.75, 3.05) is 19.8 Å². The largest absolute Gasteiger partial charge is 0.455 e. The van der Waals surface area contributed by atoms with Gasteiger partial charge in [0.2, 0.25) is 0 Å². The number of hydrogen-bond acceptors (Lipinski definition) is 3. The Morgan fingerprint density at radius 3 is 2.60 bits per heavy atom. The van der Waals surface area contributed by atoms with E-state index in [1.54, 1.807) is 0 Å². The van der Waals surface area contributed by atoms with E-state index >= 15 is 0 Å². The van der Waals surface area contributed by atoms with Gasteiger partial charge < -0.3 is 9.47 Å². The van der Waals surface area contributed by atoms with Crippen LogP contribution in [-0.2, 0) is 9.47 Å². The Morgan fingerprint density at radius 2 is 2.10 bits per heavy atom. The fraction of sp³-hybridized carbons (Fsp3) is 0.833. The van der Waals surface area contributed by atoms with Gasteiger partial charge in [-0.3, -0.25) is 0 Å². The first kappa shape index (κ1) is 9.78. The molecule has 3 nitrogen and oxygen atoms in total. The average Bonchev–Trinajstić information content (AvgIpc) is 1.87. The molecule has 0 unspecified atom stereocenters. The molecule has 0 heterocycles. The van der Waals surface area contributed by atoms with Crippen molar-refractivity contribution < 1.29 is 14.3 Å². The third-order valence-electron chi connectivity index (χ3n) is 0.802. The van der Waals surface area contributed by atoms with Crippen LogP contribution in [0.2, 0.25) is 0 Å². The Kier molecular flexibility index (Phi) is 6.74. The normalized spacial score (nSPS) is 9.40. The van der Waals surface area contributed by atoms with Crippen LogP contribution in [0.25, 0.3) is 0 Å². The van der Waals surface area contributed by atoms with Crippen molar-refractivity contribution in [3.8, 4) is 0 Å². The predicted octanol–water partition coefficient (Wildman–Crippen LogP) is 1.48. The molecular weight excluding hydrogens is 152 g/mol. The quantitative estimate of drug-likeness (QED) is 0.380. The third-order valence-corrected chi connectivity index (χ3v) is 0.931. The minimum absolute atomic E-state index is 0.294. The van der Waals surface area contributed by atoms with Crippen molar-refractivity contribution in [1.29, 1.82) is 0 Å². The highest BCUT2D eigenvalue weighted by Gasteiger charge is 1.91. The molecule has 0 aromatic carbocycles. The Balaban J connectivity index is 2.84. The highest BCUT2D eigenvalue weighted by molar-refractivity contribution is 7.96. The summed E-state index contributed by atoms with van der Waals surface area (Å²) in [5.41, 5.74) is 0. The lowest BCUT2D eigenvalue weighted by Gasteiger charge is -2.01. The molecule has 0 aliphatic rings. The SMILES string of the molecule is CCCOCCOC(=O)S. The van der Waals surface area contributed by atoms with Gasteiger partial charge in [-0.05, 0) is 6.42 Å². The van der Waals surface area contributed by atoms with Gasteiger partial charge in [0.05, 0.1) is 6.61 Å². The lowest BCUT2D eigenvalue weighted by Crippen LogP contribution is -2.05. The smallest absolute Gasteiger partial charge is 0.364 e. The molecule has 0 bridgehead atoms. The molecule has 0 fully saturated rings. The average molecular weight is 164 g/mol. The summed E-state index contributed by atoms with van der Waals surface area (Å²) in [7, 11) is 0. The summed E-state index contributed by atoms with van der Waals surface area (Å²) in [5, 5.41) is -0.555. The van der Waals surface area contributed by atoms with Crippen LogP contribution in [0, 0.1) is 0 Å². The maximum Gasteiger partial charge on any atom is 0.364 e. The van der Waals surface area contributed by atoms with E-state index in [-0.39, 0.29) is 0 Å². The lowest BCUT2D eigenvalue weighted by atomic mass is 10.5. The van der Waals surface area contributed by atoms with Gasteiger partial charge in [0, 0.05) is 6.61 Å². The second kappa shape index (κ2) is 6.89. The summed E-state index contributed by atoms with van der Waals surface area (Å²) < 4.78 is 9.51. The van der Waals surface area contributed by atoms with Crippen LogP contribution in [0.5, 0.6) is 0 Å². The van der Waals surface area contributed by atoms with Gasteiger partial charge >= 0.3 is 5.30 Å². The molecule has 0 radical (unpaired) electrons. The van der Waals surface area contributed by atoms with Gasteiger partial charge in [-0.15, -0.1) is 0 Å². The summed E-state index contributed by atoms with van der Waals surface area (Å²) in [5.74, 6) is 0. The van der Waals surface area contributed by atoms with Gasteiger partial charge in [0.1, 0.15) is 6.61 Å². The molecule has 0 spiro atoms. The Morgan fingerprint density at radius 1 is 1.40 bits per heavy atom. The van der Waals surface area contributed by atoms with E-state index in [0.29, 0.717) is 19.8 Å². The van der Waals surface area contributed by atoms with Crippen LogP contribution in [-0.4, -0.2) is 25.1 Å². The summed E-state index contributed by atoms with van der Waals surface area (Å²) in [6.07, 6.45) is 0.981. The van der Waals surface area contributed by atoms with Gasteiger partial charge in [-0.1, -0.05) is 19.6 Å². The standard InChI is InChI=1S/C6H12O3S/c1-2-3-8-4-5-9-6(7)10/h2-5H2,1H3,(H,7,10). The lowest BCUT2D eigenvalue weighted by molar-refractivity contribution is 0.0833. The van der Waals surface area contributed by atoms with E-state index in [4.69, 9.17) is 4.74 Å². The molecule has 0 aromatic heterocycles. The van der Waals surface area contributed by atoms with Crippen LogP contribution in [0.1, 0.15) is 13.3 Å². The van der Waals surface area contributed by atoms with Crippen LogP contribution in [0.15, 0.2) is 0 Å². The minimum Gasteiger partial charge on any atom is -0.455 e. The van der Waals surface area contributed by atoms with E-state index in [1.807, 2.05) is 6.92 Å². The predicted molar refractivity (Wildman–Crippen MR) is 41.4 cm³/mol. The van der Waals surface area contributed by atoms with Gasteiger partial charge in [-0.25, -0.2) is 4.79 Å². The van der Waals surface area contributed by atoms with E-state index in [0.717, 1.165) is 6.42 Å². The van der Waals surface area contributed by atoms with Gasteiger partial charge in [0.25, 0.3) is 0 Å². The molecule has 0 saturated heterocycles. The molecule has 10 heavy (non-hydrogen) atoms. The first-order valence-corrected chi connectivity index (χ1v) is 3.65. The van der Waals surface area contributed by atoms with Crippen LogP contribution >= 0.6 is 12.6 Å². The fourth-order valence-corrected chi connectivity index (χ4v) is 0.526. The number of thiol groups is 1. The second-order valence-corrected chi connectivity index (χ2v) is 2.09. The Hall–Kier alpha value is -0.220. The summed E-state index contributed by atoms with van der Waals surface area (Å²) >= 11 is 3.41. The molecule has 4 heteroatoms. The van der Waals surface area contributed by atoms with Crippen molar-refractivity contribution in [3.63, 3.8) is 0 Å². The highest BCUT2D eigenvalue weighted by Crippen LogP contribution is 1.86. The molecule has 0 amide bonds. The van der Waals surface area contributed by atoms with Crippen molar-refractivity contribution >= 4 is 17.9 Å². The van der Waals surface area contributed by atoms with Crippen LogP contribution in [0.3, 0.4) is 0 Å². The van der Waals surface area contributed by atoms with Gasteiger partial charge in [-0.2, -0.15) is 0 Å². The molecule has 0 saturated carbocycles. The Labute approximate surface area is 66.1 Å². The van der Waals surface area contributed by atoms with Crippen molar-refractivity contribution in [3.05, 3.63) is 0 Å². The molecule has 0 aromatic rings. The molecule has 0 aliphatic carbocycles. The fourth-order valence-electron chi connectivity index (χ4n) is 0.434. The van der Waals surface area contributed by atoms with Crippen LogP contribution in [0.4, 0.5) is 4.79 Å². The number of carbonyl (C=O) groups excluding carboxylic acids is 1. The number of rotatable bonds is 5. The molecule has 0 rings (SSSR count). The molecule has 0 N–H and O–H groups in total. The molecule has 0 atom stereocenters. The monoisotopic (exact) mass is 164 g/mol. The van der Waals surface area contributed by atoms with Crippen molar-refractivity contribution in [2.24, 2.45) is 0 Å². The van der Waals surface area contributed by atoms with Crippen LogP contribution < -0.4 is 0 Å². The summed E-state index contributed by atoms with van der Waals surface area (Å²) in [6, 6.07) is 0. The number of ether oxygens (including phenoxy) is 2. The van der Waals surface area contributed by atoms with Gasteiger partial charge in [0.15, 0.2) is 0 Å². The first-order valence-electron chi connectivity index (χ1n) is 3.20. The minimum atomic E-state index is -0.555. The van der Waals surface area contributed by atoms with E-state index in [9.17, 15) is 4.79 Å². The molecule has 0 aliphatic heterocycles. The zero-order valence-electron chi connectivity index (χ0n) is 6.00. The van der Waals surface area contributed by atoms with Crippen molar-refractivity contribution in [2.45, 2.75) is 13.3 Å². The van der Waals surface area contributed by atoms with E-state index in [1.165, 1.54) is 0 Å². The summed E-state index contributed by atoms with van der Waals surface area (Å²) in [6.45, 7) is 3.48. The first-order chi connectivity index (χ1) is 4.77. The zero-order valence-corrected chi connectivity index (χ0v) is 6.89. The summed E-state index contributed by atoms with van der Waals surface area (Å²) in [4.78, 5) is 10.1. The molecular formula is C6H12O3S. The highest BCUT2D eigenvalue weighted by atomic mass is 32.1.